The first-order valence-corrected chi connectivity index (χ1v) is 6.95. The number of rotatable bonds is 6. The van der Waals surface area contributed by atoms with Gasteiger partial charge in [-0.15, -0.1) is 5.10 Å². The molecule has 1 aromatic heterocycles. The van der Waals surface area contributed by atoms with Gasteiger partial charge in [0, 0.05) is 5.75 Å². The van der Waals surface area contributed by atoms with E-state index in [9.17, 15) is 4.79 Å². The summed E-state index contributed by atoms with van der Waals surface area (Å²) in [5.41, 5.74) is 1.25. The SMILES string of the molecule is CCOC(=O)c1nnc(SCCc2ccccc2)o1. The zero-order chi connectivity index (χ0) is 13.5. The number of esters is 1. The van der Waals surface area contributed by atoms with Gasteiger partial charge in [-0.1, -0.05) is 47.2 Å². The van der Waals surface area contributed by atoms with E-state index in [4.69, 9.17) is 9.15 Å². The molecule has 0 radical (unpaired) electrons. The molecule has 2 aromatic rings. The second kappa shape index (κ2) is 6.94. The van der Waals surface area contributed by atoms with Gasteiger partial charge in [0.1, 0.15) is 0 Å². The van der Waals surface area contributed by atoms with Crippen molar-refractivity contribution in [3.63, 3.8) is 0 Å². The summed E-state index contributed by atoms with van der Waals surface area (Å²) in [6.07, 6.45) is 0.905. The molecule has 100 valence electrons. The molecule has 1 heterocycles. The lowest BCUT2D eigenvalue weighted by molar-refractivity contribution is 0.0475. The van der Waals surface area contributed by atoms with Gasteiger partial charge >= 0.3 is 11.9 Å². The molecule has 2 rings (SSSR count). The van der Waals surface area contributed by atoms with E-state index in [1.807, 2.05) is 18.2 Å². The van der Waals surface area contributed by atoms with Gasteiger partial charge in [0.15, 0.2) is 0 Å². The van der Waals surface area contributed by atoms with Gasteiger partial charge in [0.2, 0.25) is 0 Å². The van der Waals surface area contributed by atoms with Crippen molar-refractivity contribution in [3.8, 4) is 0 Å². The highest BCUT2D eigenvalue weighted by atomic mass is 32.2. The molecule has 0 spiro atoms. The Hall–Kier alpha value is -1.82. The van der Waals surface area contributed by atoms with E-state index in [2.05, 4.69) is 22.3 Å². The number of carbonyl (C=O) groups excluding carboxylic acids is 1. The maximum atomic E-state index is 11.3. The van der Waals surface area contributed by atoms with Crippen LogP contribution in [0, 0.1) is 0 Å². The van der Waals surface area contributed by atoms with Crippen LogP contribution in [0.5, 0.6) is 0 Å². The average molecular weight is 278 g/mol. The highest BCUT2D eigenvalue weighted by Gasteiger charge is 2.15. The summed E-state index contributed by atoms with van der Waals surface area (Å²) in [5.74, 6) is 0.142. The summed E-state index contributed by atoms with van der Waals surface area (Å²) in [6.45, 7) is 2.02. The van der Waals surface area contributed by atoms with Gasteiger partial charge in [0.05, 0.1) is 6.61 Å². The van der Waals surface area contributed by atoms with Crippen molar-refractivity contribution in [2.24, 2.45) is 0 Å². The van der Waals surface area contributed by atoms with Crippen molar-refractivity contribution >= 4 is 17.7 Å². The Morgan fingerprint density at radius 3 is 2.84 bits per heavy atom. The van der Waals surface area contributed by atoms with Crippen molar-refractivity contribution in [1.29, 1.82) is 0 Å². The van der Waals surface area contributed by atoms with Crippen LogP contribution in [0.4, 0.5) is 0 Å². The highest BCUT2D eigenvalue weighted by molar-refractivity contribution is 7.99. The lowest BCUT2D eigenvalue weighted by Gasteiger charge is -1.98. The molecule has 0 atom stereocenters. The molecule has 0 saturated heterocycles. The molecule has 0 N–H and O–H groups in total. The molecule has 5 nitrogen and oxygen atoms in total. The number of ether oxygens (including phenoxy) is 1. The minimum atomic E-state index is -0.579. The summed E-state index contributed by atoms with van der Waals surface area (Å²) >= 11 is 1.42. The Balaban J connectivity index is 1.82. The van der Waals surface area contributed by atoms with Crippen LogP contribution in [0.15, 0.2) is 40.0 Å². The summed E-state index contributed by atoms with van der Waals surface area (Å²) < 4.78 is 9.97. The van der Waals surface area contributed by atoms with E-state index in [1.165, 1.54) is 17.3 Å². The molecule has 0 bridgehead atoms. The average Bonchev–Trinajstić information content (AvgIpc) is 2.89. The third-order valence-corrected chi connectivity index (χ3v) is 3.14. The van der Waals surface area contributed by atoms with Crippen LogP contribution in [-0.2, 0) is 11.2 Å². The molecule has 0 amide bonds. The maximum absolute atomic E-state index is 11.3. The van der Waals surface area contributed by atoms with Crippen molar-refractivity contribution in [1.82, 2.24) is 10.2 Å². The first-order valence-electron chi connectivity index (χ1n) is 5.97. The number of aromatic nitrogens is 2. The lowest BCUT2D eigenvalue weighted by Crippen LogP contribution is -2.04. The molecular weight excluding hydrogens is 264 g/mol. The maximum Gasteiger partial charge on any atom is 0.396 e. The first-order chi connectivity index (χ1) is 9.29. The Morgan fingerprint density at radius 1 is 1.32 bits per heavy atom. The van der Waals surface area contributed by atoms with Gasteiger partial charge in [-0.2, -0.15) is 0 Å². The fourth-order valence-corrected chi connectivity index (χ4v) is 2.19. The normalized spacial score (nSPS) is 10.4. The monoisotopic (exact) mass is 278 g/mol. The standard InChI is InChI=1S/C13H14N2O3S/c1-2-17-12(16)11-14-15-13(18-11)19-9-8-10-6-4-3-5-7-10/h3-7H,2,8-9H2,1H3. The predicted octanol–water partition coefficient (Wildman–Crippen LogP) is 2.58. The van der Waals surface area contributed by atoms with Crippen LogP contribution in [0.3, 0.4) is 0 Å². The fraction of sp³-hybridized carbons (Fsp3) is 0.308. The number of aryl methyl sites for hydroxylation is 1. The summed E-state index contributed by atoms with van der Waals surface area (Å²) in [6, 6.07) is 10.1. The van der Waals surface area contributed by atoms with Crippen molar-refractivity contribution in [2.45, 2.75) is 18.6 Å². The molecule has 0 aliphatic heterocycles. The Morgan fingerprint density at radius 2 is 2.11 bits per heavy atom. The number of hydrogen-bond acceptors (Lipinski definition) is 6. The van der Waals surface area contributed by atoms with Gasteiger partial charge in [-0.05, 0) is 18.9 Å². The molecule has 0 aliphatic rings. The van der Waals surface area contributed by atoms with Crippen LogP contribution in [-0.4, -0.2) is 28.5 Å². The quantitative estimate of drug-likeness (QED) is 0.597. The molecule has 0 saturated carbocycles. The van der Waals surface area contributed by atoms with Crippen LogP contribution < -0.4 is 0 Å². The van der Waals surface area contributed by atoms with Crippen molar-refractivity contribution in [3.05, 3.63) is 41.8 Å². The van der Waals surface area contributed by atoms with Gasteiger partial charge in [-0.25, -0.2) is 4.79 Å². The largest absolute Gasteiger partial charge is 0.459 e. The van der Waals surface area contributed by atoms with E-state index in [-0.39, 0.29) is 12.5 Å². The lowest BCUT2D eigenvalue weighted by atomic mass is 10.2. The van der Waals surface area contributed by atoms with E-state index >= 15 is 0 Å². The van der Waals surface area contributed by atoms with E-state index in [0.717, 1.165) is 12.2 Å². The second-order valence-corrected chi connectivity index (χ2v) is 4.72. The van der Waals surface area contributed by atoms with E-state index in [0.29, 0.717) is 5.22 Å². The van der Waals surface area contributed by atoms with Crippen LogP contribution >= 0.6 is 11.8 Å². The van der Waals surface area contributed by atoms with Crippen molar-refractivity contribution in [2.75, 3.05) is 12.4 Å². The topological polar surface area (TPSA) is 65.2 Å². The third kappa shape index (κ3) is 4.10. The Labute approximate surface area is 115 Å². The smallest absolute Gasteiger partial charge is 0.396 e. The molecular formula is C13H14N2O3S. The third-order valence-electron chi connectivity index (χ3n) is 2.32. The predicted molar refractivity (Wildman–Crippen MR) is 71.1 cm³/mol. The molecule has 0 fully saturated rings. The van der Waals surface area contributed by atoms with Gasteiger partial charge in [-0.3, -0.25) is 0 Å². The summed E-state index contributed by atoms with van der Waals surface area (Å²) in [5, 5.41) is 7.83. The molecule has 0 unspecified atom stereocenters. The van der Waals surface area contributed by atoms with Gasteiger partial charge < -0.3 is 9.15 Å². The minimum absolute atomic E-state index is 0.0935. The van der Waals surface area contributed by atoms with E-state index in [1.54, 1.807) is 6.92 Å². The summed E-state index contributed by atoms with van der Waals surface area (Å²) in [7, 11) is 0. The zero-order valence-corrected chi connectivity index (χ0v) is 11.4. The highest BCUT2D eigenvalue weighted by Crippen LogP contribution is 2.18. The number of nitrogens with zero attached hydrogens (tertiary/aromatic N) is 2. The Kier molecular flexibility index (Phi) is 4.97. The number of thioether (sulfide) groups is 1. The molecule has 1 aromatic carbocycles. The fourth-order valence-electron chi connectivity index (χ4n) is 1.44. The van der Waals surface area contributed by atoms with Gasteiger partial charge in [0.25, 0.3) is 5.22 Å². The molecule has 0 aliphatic carbocycles. The van der Waals surface area contributed by atoms with Crippen LogP contribution in [0.1, 0.15) is 23.2 Å². The zero-order valence-electron chi connectivity index (χ0n) is 10.5. The van der Waals surface area contributed by atoms with Crippen LogP contribution in [0.25, 0.3) is 0 Å². The second-order valence-electron chi connectivity index (χ2n) is 3.68. The van der Waals surface area contributed by atoms with E-state index < -0.39 is 5.97 Å². The van der Waals surface area contributed by atoms with Crippen LogP contribution in [0.2, 0.25) is 0 Å². The molecule has 19 heavy (non-hydrogen) atoms. The summed E-state index contributed by atoms with van der Waals surface area (Å²) in [4.78, 5) is 11.3. The number of hydrogen-bond donors (Lipinski definition) is 0. The first kappa shape index (κ1) is 13.6. The minimum Gasteiger partial charge on any atom is -0.459 e. The number of benzene rings is 1. The van der Waals surface area contributed by atoms with Crippen molar-refractivity contribution < 1.29 is 13.9 Å². The Bertz CT molecular complexity index is 528. The molecule has 6 heteroatoms. The number of carbonyl (C=O) groups is 1.